The van der Waals surface area contributed by atoms with E-state index in [-0.39, 0.29) is 11.5 Å². The van der Waals surface area contributed by atoms with Crippen LogP contribution in [0.5, 0.6) is 0 Å². The van der Waals surface area contributed by atoms with Crippen molar-refractivity contribution in [1.29, 1.82) is 0 Å². The van der Waals surface area contributed by atoms with Gasteiger partial charge in [-0.1, -0.05) is 12.5 Å². The number of fused-ring (bicyclic) bond motifs is 2. The largest absolute Gasteiger partial charge is 0.356 e. The van der Waals surface area contributed by atoms with Gasteiger partial charge in [0.25, 0.3) is 5.56 Å². The van der Waals surface area contributed by atoms with Crippen LogP contribution in [-0.2, 0) is 4.79 Å². The summed E-state index contributed by atoms with van der Waals surface area (Å²) in [4.78, 5) is 34.1. The van der Waals surface area contributed by atoms with Crippen LogP contribution < -0.4 is 10.5 Å². The predicted molar refractivity (Wildman–Crippen MR) is 99.2 cm³/mol. The second-order valence-corrected chi connectivity index (χ2v) is 8.01. The summed E-state index contributed by atoms with van der Waals surface area (Å²) in [6, 6.07) is 7.13. The van der Waals surface area contributed by atoms with Crippen LogP contribution in [0.4, 0.5) is 5.82 Å². The fourth-order valence-electron chi connectivity index (χ4n) is 5.05. The molecule has 2 aromatic rings. The summed E-state index contributed by atoms with van der Waals surface area (Å²) in [6.45, 7) is 3.36. The van der Waals surface area contributed by atoms with Crippen LogP contribution in [0.3, 0.4) is 0 Å². The summed E-state index contributed by atoms with van der Waals surface area (Å²) in [7, 11) is 0. The van der Waals surface area contributed by atoms with Gasteiger partial charge in [-0.05, 0) is 43.2 Å². The predicted octanol–water partition coefficient (Wildman–Crippen LogP) is 1.78. The molecule has 5 rings (SSSR count). The molecule has 3 atom stereocenters. The molecule has 6 heteroatoms. The number of hydrogen-bond acceptors (Lipinski definition) is 4. The Morgan fingerprint density at radius 1 is 1.08 bits per heavy atom. The second kappa shape index (κ2) is 6.11. The summed E-state index contributed by atoms with van der Waals surface area (Å²) in [6.07, 6.45) is 6.49. The molecule has 6 nitrogen and oxygen atoms in total. The van der Waals surface area contributed by atoms with Crippen molar-refractivity contribution in [2.45, 2.75) is 25.7 Å². The van der Waals surface area contributed by atoms with E-state index in [0.29, 0.717) is 23.9 Å². The quantitative estimate of drug-likeness (QED) is 0.827. The third-order valence-electron chi connectivity index (χ3n) is 6.46. The molecular formula is C20H24N4O2. The maximum Gasteiger partial charge on any atom is 0.259 e. The molecule has 0 aromatic carbocycles. The molecule has 1 aliphatic carbocycles. The summed E-state index contributed by atoms with van der Waals surface area (Å²) < 4.78 is 1.55. The number of carbonyl (C=O) groups excluding carboxylic acids is 1. The number of likely N-dealkylation sites (tertiary alicyclic amines) is 1. The molecule has 1 amide bonds. The Labute approximate surface area is 152 Å². The molecule has 0 N–H and O–H groups in total. The average Bonchev–Trinajstić information content (AvgIpc) is 3.37. The summed E-state index contributed by atoms with van der Waals surface area (Å²) >= 11 is 0. The highest BCUT2D eigenvalue weighted by Gasteiger charge is 2.41. The van der Waals surface area contributed by atoms with Crippen LogP contribution in [0.2, 0.25) is 0 Å². The smallest absolute Gasteiger partial charge is 0.259 e. The van der Waals surface area contributed by atoms with E-state index in [2.05, 4.69) is 14.8 Å². The third kappa shape index (κ3) is 2.59. The second-order valence-electron chi connectivity index (χ2n) is 8.01. The minimum absolute atomic E-state index is 0.0323. The Kier molecular flexibility index (Phi) is 3.72. The topological polar surface area (TPSA) is 57.9 Å². The van der Waals surface area contributed by atoms with Gasteiger partial charge in [-0.2, -0.15) is 0 Å². The zero-order valence-corrected chi connectivity index (χ0v) is 14.9. The van der Waals surface area contributed by atoms with E-state index in [9.17, 15) is 9.59 Å². The number of carbonyl (C=O) groups is 1. The van der Waals surface area contributed by atoms with Crippen molar-refractivity contribution in [3.05, 3.63) is 40.8 Å². The van der Waals surface area contributed by atoms with Crippen LogP contribution in [0, 0.1) is 17.8 Å². The van der Waals surface area contributed by atoms with Crippen molar-refractivity contribution in [2.75, 3.05) is 31.1 Å². The molecule has 3 unspecified atom stereocenters. The highest BCUT2D eigenvalue weighted by molar-refractivity contribution is 5.80. The van der Waals surface area contributed by atoms with Gasteiger partial charge in [-0.25, -0.2) is 4.98 Å². The molecule has 3 fully saturated rings. The minimum Gasteiger partial charge on any atom is -0.356 e. The summed E-state index contributed by atoms with van der Waals surface area (Å²) in [5, 5.41) is 0. The molecule has 26 heavy (non-hydrogen) atoms. The monoisotopic (exact) mass is 352 g/mol. The van der Waals surface area contributed by atoms with E-state index in [1.807, 2.05) is 18.2 Å². The molecule has 2 aliphatic heterocycles. The lowest BCUT2D eigenvalue weighted by Gasteiger charge is -2.22. The van der Waals surface area contributed by atoms with Crippen LogP contribution in [-0.4, -0.2) is 46.4 Å². The van der Waals surface area contributed by atoms with Crippen LogP contribution in [0.15, 0.2) is 35.3 Å². The SMILES string of the molecule is O=C(C1CCN(c2cc(=O)n3ccccc3n2)C1)N1CC2CCCC2C1. The van der Waals surface area contributed by atoms with Gasteiger partial charge in [0.1, 0.15) is 11.5 Å². The Hall–Kier alpha value is -2.37. The fraction of sp³-hybridized carbons (Fsp3) is 0.550. The van der Waals surface area contributed by atoms with E-state index in [0.717, 1.165) is 37.9 Å². The number of anilines is 1. The Bertz CT molecular complexity index is 896. The van der Waals surface area contributed by atoms with Crippen LogP contribution >= 0.6 is 0 Å². The van der Waals surface area contributed by atoms with Gasteiger partial charge in [0.05, 0.1) is 5.92 Å². The lowest BCUT2D eigenvalue weighted by Crippen LogP contribution is -2.36. The maximum atomic E-state index is 12.9. The summed E-state index contributed by atoms with van der Waals surface area (Å²) in [5.74, 6) is 2.50. The first-order valence-electron chi connectivity index (χ1n) is 9.71. The Morgan fingerprint density at radius 2 is 1.88 bits per heavy atom. The van der Waals surface area contributed by atoms with Crippen molar-refractivity contribution in [3.8, 4) is 0 Å². The van der Waals surface area contributed by atoms with Gasteiger partial charge >= 0.3 is 0 Å². The number of rotatable bonds is 2. The van der Waals surface area contributed by atoms with Crippen molar-refractivity contribution in [1.82, 2.24) is 14.3 Å². The van der Waals surface area contributed by atoms with Crippen molar-refractivity contribution < 1.29 is 4.79 Å². The average molecular weight is 352 g/mol. The number of hydrogen-bond donors (Lipinski definition) is 0. The highest BCUT2D eigenvalue weighted by Crippen LogP contribution is 2.38. The molecule has 0 radical (unpaired) electrons. The van der Waals surface area contributed by atoms with Crippen molar-refractivity contribution in [3.63, 3.8) is 0 Å². The maximum absolute atomic E-state index is 12.9. The van der Waals surface area contributed by atoms with Gasteiger partial charge in [0.2, 0.25) is 5.91 Å². The normalized spacial score (nSPS) is 28.1. The lowest BCUT2D eigenvalue weighted by molar-refractivity contribution is -0.134. The number of nitrogens with zero attached hydrogens (tertiary/aromatic N) is 4. The Balaban J connectivity index is 1.31. The van der Waals surface area contributed by atoms with Crippen molar-refractivity contribution >= 4 is 17.4 Å². The van der Waals surface area contributed by atoms with Gasteiger partial charge in [-0.15, -0.1) is 0 Å². The van der Waals surface area contributed by atoms with Gasteiger partial charge < -0.3 is 9.80 Å². The van der Waals surface area contributed by atoms with E-state index >= 15 is 0 Å². The van der Waals surface area contributed by atoms with E-state index in [1.165, 1.54) is 19.3 Å². The molecule has 0 spiro atoms. The lowest BCUT2D eigenvalue weighted by atomic mass is 10.0. The molecule has 0 bridgehead atoms. The molecule has 2 aromatic heterocycles. The zero-order chi connectivity index (χ0) is 17.7. The van der Waals surface area contributed by atoms with Crippen LogP contribution in [0.25, 0.3) is 5.65 Å². The first-order valence-corrected chi connectivity index (χ1v) is 9.71. The molecule has 136 valence electrons. The molecule has 1 saturated carbocycles. The van der Waals surface area contributed by atoms with Gasteiger partial charge in [0.15, 0.2) is 0 Å². The molecule has 2 saturated heterocycles. The zero-order valence-electron chi connectivity index (χ0n) is 14.9. The number of aromatic nitrogens is 2. The number of amides is 1. The van der Waals surface area contributed by atoms with E-state index in [4.69, 9.17) is 0 Å². The minimum atomic E-state index is -0.0762. The van der Waals surface area contributed by atoms with Gasteiger partial charge in [-0.3, -0.25) is 14.0 Å². The van der Waals surface area contributed by atoms with Crippen molar-refractivity contribution in [2.24, 2.45) is 17.8 Å². The third-order valence-corrected chi connectivity index (χ3v) is 6.46. The first kappa shape index (κ1) is 15.9. The van der Waals surface area contributed by atoms with Gasteiger partial charge in [0, 0.05) is 38.4 Å². The van der Waals surface area contributed by atoms with E-state index in [1.54, 1.807) is 16.7 Å². The molecule has 3 aliphatic rings. The highest BCUT2D eigenvalue weighted by atomic mass is 16.2. The first-order chi connectivity index (χ1) is 12.7. The van der Waals surface area contributed by atoms with Crippen LogP contribution in [0.1, 0.15) is 25.7 Å². The Morgan fingerprint density at radius 3 is 2.69 bits per heavy atom. The summed E-state index contributed by atoms with van der Waals surface area (Å²) in [5.41, 5.74) is 0.574. The standard InChI is InChI=1S/C20H24N4O2/c25-19-10-18(21-17-6-1-2-8-24(17)19)22-9-7-16(13-22)20(26)23-11-14-4-3-5-15(14)12-23/h1-2,6,8,10,14-16H,3-5,7,9,11-13H2. The number of pyridine rings is 1. The fourth-order valence-corrected chi connectivity index (χ4v) is 5.05. The van der Waals surface area contributed by atoms with E-state index < -0.39 is 0 Å². The molecule has 4 heterocycles. The molecular weight excluding hydrogens is 328 g/mol.